The minimum Gasteiger partial charge on any atom is -0.493 e. The van der Waals surface area contributed by atoms with Gasteiger partial charge in [-0.1, -0.05) is 0 Å². The zero-order chi connectivity index (χ0) is 19.1. The average molecular weight is 357 g/mol. The number of ether oxygens (including phenoxy) is 3. The Labute approximate surface area is 150 Å². The maximum absolute atomic E-state index is 12.1. The minimum atomic E-state index is -0.659. The van der Waals surface area contributed by atoms with E-state index in [4.69, 9.17) is 14.2 Å². The third kappa shape index (κ3) is 4.83. The summed E-state index contributed by atoms with van der Waals surface area (Å²) in [6, 6.07) is 11.0. The van der Waals surface area contributed by atoms with E-state index in [9.17, 15) is 14.4 Å². The highest BCUT2D eigenvalue weighted by atomic mass is 16.5. The first-order valence-electron chi connectivity index (χ1n) is 7.74. The van der Waals surface area contributed by atoms with Crippen LogP contribution in [0.2, 0.25) is 0 Å². The second kappa shape index (κ2) is 8.66. The van der Waals surface area contributed by atoms with Gasteiger partial charge in [-0.2, -0.15) is 0 Å². The SMILES string of the molecule is COc1ccc(C(=O)OCC(=O)Nc2ccc(C(C)=O)cc2)cc1OC. The van der Waals surface area contributed by atoms with Gasteiger partial charge in [-0.25, -0.2) is 4.79 Å². The molecule has 0 bridgehead atoms. The molecule has 2 aromatic rings. The van der Waals surface area contributed by atoms with Crippen LogP contribution in [0.1, 0.15) is 27.6 Å². The highest BCUT2D eigenvalue weighted by molar-refractivity contribution is 5.97. The number of benzene rings is 2. The van der Waals surface area contributed by atoms with Crippen LogP contribution in [0.4, 0.5) is 5.69 Å². The van der Waals surface area contributed by atoms with Crippen LogP contribution in [0.15, 0.2) is 42.5 Å². The maximum atomic E-state index is 12.1. The Balaban J connectivity index is 1.92. The number of esters is 1. The lowest BCUT2D eigenvalue weighted by Crippen LogP contribution is -2.21. The molecule has 1 amide bonds. The number of carbonyl (C=O) groups excluding carboxylic acids is 3. The molecule has 0 unspecified atom stereocenters. The molecule has 136 valence electrons. The smallest absolute Gasteiger partial charge is 0.338 e. The predicted molar refractivity (Wildman–Crippen MR) is 94.9 cm³/mol. The summed E-state index contributed by atoms with van der Waals surface area (Å²) in [5.74, 6) is -0.345. The average Bonchev–Trinajstić information content (AvgIpc) is 2.65. The van der Waals surface area contributed by atoms with Crippen LogP contribution >= 0.6 is 0 Å². The van der Waals surface area contributed by atoms with Crippen molar-refractivity contribution < 1.29 is 28.6 Å². The summed E-state index contributed by atoms with van der Waals surface area (Å²) < 4.78 is 15.2. The summed E-state index contributed by atoms with van der Waals surface area (Å²) >= 11 is 0. The number of anilines is 1. The number of nitrogens with one attached hydrogen (secondary N) is 1. The summed E-state index contributed by atoms with van der Waals surface area (Å²) in [6.45, 7) is 1.02. The van der Waals surface area contributed by atoms with Gasteiger partial charge in [0.2, 0.25) is 0 Å². The molecule has 0 saturated heterocycles. The third-order valence-corrected chi connectivity index (χ3v) is 3.53. The second-order valence-electron chi connectivity index (χ2n) is 5.33. The van der Waals surface area contributed by atoms with Gasteiger partial charge in [0.25, 0.3) is 5.91 Å². The van der Waals surface area contributed by atoms with Crippen molar-refractivity contribution in [1.29, 1.82) is 0 Å². The first-order chi connectivity index (χ1) is 12.4. The topological polar surface area (TPSA) is 90.9 Å². The molecule has 26 heavy (non-hydrogen) atoms. The van der Waals surface area contributed by atoms with Crippen LogP contribution in [0, 0.1) is 0 Å². The van der Waals surface area contributed by atoms with E-state index in [0.29, 0.717) is 22.7 Å². The summed E-state index contributed by atoms with van der Waals surface area (Å²) in [4.78, 5) is 35.2. The van der Waals surface area contributed by atoms with Crippen LogP contribution in [0.5, 0.6) is 11.5 Å². The Morgan fingerprint density at radius 3 is 2.08 bits per heavy atom. The van der Waals surface area contributed by atoms with Gasteiger partial charge < -0.3 is 19.5 Å². The number of hydrogen-bond donors (Lipinski definition) is 1. The highest BCUT2D eigenvalue weighted by Crippen LogP contribution is 2.27. The number of ketones is 1. The van der Waals surface area contributed by atoms with Crippen molar-refractivity contribution in [2.45, 2.75) is 6.92 Å². The van der Waals surface area contributed by atoms with E-state index in [1.807, 2.05) is 0 Å². The molecule has 0 aliphatic carbocycles. The van der Waals surface area contributed by atoms with Crippen molar-refractivity contribution >= 4 is 23.3 Å². The van der Waals surface area contributed by atoms with E-state index >= 15 is 0 Å². The first kappa shape index (κ1) is 19.0. The fourth-order valence-electron chi connectivity index (χ4n) is 2.16. The molecule has 0 heterocycles. The largest absolute Gasteiger partial charge is 0.493 e. The van der Waals surface area contributed by atoms with Crippen LogP contribution in [-0.2, 0) is 9.53 Å². The van der Waals surface area contributed by atoms with Crippen LogP contribution in [0.25, 0.3) is 0 Å². The van der Waals surface area contributed by atoms with E-state index in [1.165, 1.54) is 33.3 Å². The lowest BCUT2D eigenvalue weighted by molar-refractivity contribution is -0.119. The summed E-state index contributed by atoms with van der Waals surface area (Å²) in [6.07, 6.45) is 0. The quantitative estimate of drug-likeness (QED) is 0.605. The standard InChI is InChI=1S/C19H19NO6/c1-12(21)13-4-7-15(8-5-13)20-18(22)11-26-19(23)14-6-9-16(24-2)17(10-14)25-3/h4-10H,11H2,1-3H3,(H,20,22). The van der Waals surface area contributed by atoms with Crippen molar-refractivity contribution in [1.82, 2.24) is 0 Å². The van der Waals surface area contributed by atoms with Gasteiger partial charge in [-0.05, 0) is 49.4 Å². The normalized spacial score (nSPS) is 9.96. The molecular formula is C19H19NO6. The Morgan fingerprint density at radius 2 is 1.50 bits per heavy atom. The maximum Gasteiger partial charge on any atom is 0.338 e. The van der Waals surface area contributed by atoms with Gasteiger partial charge in [0.05, 0.1) is 19.8 Å². The van der Waals surface area contributed by atoms with E-state index in [-0.39, 0.29) is 11.3 Å². The zero-order valence-corrected chi connectivity index (χ0v) is 14.7. The van der Waals surface area contributed by atoms with Gasteiger partial charge in [0, 0.05) is 11.3 Å². The molecule has 0 aliphatic heterocycles. The molecule has 0 saturated carbocycles. The first-order valence-corrected chi connectivity index (χ1v) is 7.74. The molecule has 0 atom stereocenters. The monoisotopic (exact) mass is 357 g/mol. The lowest BCUT2D eigenvalue weighted by atomic mass is 10.1. The fourth-order valence-corrected chi connectivity index (χ4v) is 2.16. The molecule has 1 N–H and O–H groups in total. The Morgan fingerprint density at radius 1 is 0.885 bits per heavy atom. The van der Waals surface area contributed by atoms with E-state index in [2.05, 4.69) is 5.32 Å². The second-order valence-corrected chi connectivity index (χ2v) is 5.33. The van der Waals surface area contributed by atoms with Crippen molar-refractivity contribution in [3.8, 4) is 11.5 Å². The zero-order valence-electron chi connectivity index (χ0n) is 14.7. The number of amides is 1. The van der Waals surface area contributed by atoms with Gasteiger partial charge in [0.15, 0.2) is 23.9 Å². The Hall–Kier alpha value is -3.35. The molecular weight excluding hydrogens is 338 g/mol. The lowest BCUT2D eigenvalue weighted by Gasteiger charge is -2.10. The third-order valence-electron chi connectivity index (χ3n) is 3.53. The van der Waals surface area contributed by atoms with E-state index in [1.54, 1.807) is 30.3 Å². The van der Waals surface area contributed by atoms with Crippen LogP contribution in [-0.4, -0.2) is 38.5 Å². The van der Waals surface area contributed by atoms with Gasteiger partial charge in [0.1, 0.15) is 0 Å². The summed E-state index contributed by atoms with van der Waals surface area (Å²) in [7, 11) is 2.95. The fraction of sp³-hybridized carbons (Fsp3) is 0.211. The number of methoxy groups -OCH3 is 2. The van der Waals surface area contributed by atoms with Gasteiger partial charge in [-0.3, -0.25) is 9.59 Å². The van der Waals surface area contributed by atoms with Crippen molar-refractivity contribution in [3.05, 3.63) is 53.6 Å². The van der Waals surface area contributed by atoms with Crippen molar-refractivity contribution in [2.24, 2.45) is 0 Å². The predicted octanol–water partition coefficient (Wildman–Crippen LogP) is 2.70. The molecule has 2 rings (SSSR count). The molecule has 0 aliphatic rings. The number of carbonyl (C=O) groups is 3. The summed E-state index contributed by atoms with van der Waals surface area (Å²) in [5, 5.41) is 2.58. The minimum absolute atomic E-state index is 0.0632. The highest BCUT2D eigenvalue weighted by Gasteiger charge is 2.14. The molecule has 0 radical (unpaired) electrons. The van der Waals surface area contributed by atoms with Gasteiger partial charge in [-0.15, -0.1) is 0 Å². The molecule has 2 aromatic carbocycles. The van der Waals surface area contributed by atoms with Crippen LogP contribution in [0.3, 0.4) is 0 Å². The molecule has 0 fully saturated rings. The molecule has 0 aromatic heterocycles. The summed E-state index contributed by atoms with van der Waals surface area (Å²) in [5.41, 5.74) is 1.28. The number of rotatable bonds is 7. The Kier molecular flexibility index (Phi) is 6.32. The van der Waals surface area contributed by atoms with E-state index < -0.39 is 18.5 Å². The number of hydrogen-bond acceptors (Lipinski definition) is 6. The van der Waals surface area contributed by atoms with Crippen molar-refractivity contribution in [2.75, 3.05) is 26.1 Å². The molecule has 0 spiro atoms. The Bertz CT molecular complexity index is 813. The van der Waals surface area contributed by atoms with Crippen molar-refractivity contribution in [3.63, 3.8) is 0 Å². The van der Waals surface area contributed by atoms with Gasteiger partial charge >= 0.3 is 5.97 Å². The van der Waals surface area contributed by atoms with Crippen LogP contribution < -0.4 is 14.8 Å². The molecule has 7 heteroatoms. The number of Topliss-reactive ketones (excluding diaryl/α,β-unsaturated/α-hetero) is 1. The van der Waals surface area contributed by atoms with E-state index in [0.717, 1.165) is 0 Å². The molecule has 7 nitrogen and oxygen atoms in total.